The van der Waals surface area contributed by atoms with Crippen LogP contribution in [-0.4, -0.2) is 24.1 Å². The monoisotopic (exact) mass is 293 g/mol. The summed E-state index contributed by atoms with van der Waals surface area (Å²) in [6.45, 7) is 12.4. The molecule has 20 heavy (non-hydrogen) atoms. The molecular formula is C18H31NS. The molecule has 1 aromatic carbocycles. The summed E-state index contributed by atoms with van der Waals surface area (Å²) in [5.74, 6) is 3.26. The van der Waals surface area contributed by atoms with Gasteiger partial charge < -0.3 is 5.32 Å². The van der Waals surface area contributed by atoms with E-state index >= 15 is 0 Å². The van der Waals surface area contributed by atoms with Gasteiger partial charge in [-0.05, 0) is 56.0 Å². The van der Waals surface area contributed by atoms with E-state index in [1.807, 2.05) is 0 Å². The summed E-state index contributed by atoms with van der Waals surface area (Å²) in [6, 6.07) is 7.41. The molecule has 0 radical (unpaired) electrons. The quantitative estimate of drug-likeness (QED) is 0.714. The lowest BCUT2D eigenvalue weighted by Gasteiger charge is -2.20. The highest BCUT2D eigenvalue weighted by Crippen LogP contribution is 2.16. The zero-order valence-electron chi connectivity index (χ0n) is 13.8. The maximum atomic E-state index is 3.72. The SMILES string of the molecule is CCCNC(CSCC(C)C)Cc1cc(C)ccc1C. The maximum Gasteiger partial charge on any atom is 0.0198 e. The molecule has 2 heteroatoms. The minimum Gasteiger partial charge on any atom is -0.313 e. The van der Waals surface area contributed by atoms with Crippen LogP contribution in [0, 0.1) is 19.8 Å². The van der Waals surface area contributed by atoms with E-state index in [-0.39, 0.29) is 0 Å². The zero-order chi connectivity index (χ0) is 15.0. The van der Waals surface area contributed by atoms with E-state index in [1.54, 1.807) is 0 Å². The Morgan fingerprint density at radius 1 is 1.15 bits per heavy atom. The second-order valence-electron chi connectivity index (χ2n) is 6.22. The molecule has 114 valence electrons. The number of benzene rings is 1. The van der Waals surface area contributed by atoms with Gasteiger partial charge in [0.1, 0.15) is 0 Å². The average Bonchev–Trinajstić information content (AvgIpc) is 2.39. The molecule has 0 aliphatic rings. The summed E-state index contributed by atoms with van der Waals surface area (Å²) >= 11 is 2.09. The molecule has 1 N–H and O–H groups in total. The molecule has 0 spiro atoms. The van der Waals surface area contributed by atoms with Gasteiger partial charge in [0.25, 0.3) is 0 Å². The van der Waals surface area contributed by atoms with Crippen molar-refractivity contribution in [3.05, 3.63) is 34.9 Å². The van der Waals surface area contributed by atoms with Crippen molar-refractivity contribution in [1.82, 2.24) is 5.32 Å². The zero-order valence-corrected chi connectivity index (χ0v) is 14.6. The minimum atomic E-state index is 0.596. The second kappa shape index (κ2) is 9.46. The van der Waals surface area contributed by atoms with Gasteiger partial charge >= 0.3 is 0 Å². The van der Waals surface area contributed by atoms with Crippen molar-refractivity contribution in [2.24, 2.45) is 5.92 Å². The van der Waals surface area contributed by atoms with Gasteiger partial charge in [0, 0.05) is 11.8 Å². The van der Waals surface area contributed by atoms with Crippen LogP contribution in [0.1, 0.15) is 43.9 Å². The molecule has 1 nitrogen and oxygen atoms in total. The van der Waals surface area contributed by atoms with Gasteiger partial charge in [0.05, 0.1) is 0 Å². The van der Waals surface area contributed by atoms with Gasteiger partial charge in [-0.15, -0.1) is 0 Å². The van der Waals surface area contributed by atoms with Crippen molar-refractivity contribution in [1.29, 1.82) is 0 Å². The van der Waals surface area contributed by atoms with Crippen LogP contribution < -0.4 is 5.32 Å². The van der Waals surface area contributed by atoms with Gasteiger partial charge in [-0.3, -0.25) is 0 Å². The lowest BCUT2D eigenvalue weighted by molar-refractivity contribution is 0.548. The summed E-state index contributed by atoms with van der Waals surface area (Å²) in [5.41, 5.74) is 4.30. The van der Waals surface area contributed by atoms with Crippen molar-refractivity contribution in [3.8, 4) is 0 Å². The first-order valence-electron chi connectivity index (χ1n) is 7.90. The Morgan fingerprint density at radius 3 is 2.55 bits per heavy atom. The van der Waals surface area contributed by atoms with Crippen molar-refractivity contribution in [3.63, 3.8) is 0 Å². The van der Waals surface area contributed by atoms with Crippen LogP contribution in [0.2, 0.25) is 0 Å². The molecule has 0 saturated heterocycles. The molecule has 0 aliphatic heterocycles. The topological polar surface area (TPSA) is 12.0 Å². The molecule has 1 atom stereocenters. The molecule has 0 heterocycles. The standard InChI is InChI=1S/C18H31NS/c1-6-9-19-18(13-20-12-14(2)3)11-17-10-15(4)7-8-16(17)5/h7-8,10,14,18-19H,6,9,11-13H2,1-5H3. The summed E-state index contributed by atoms with van der Waals surface area (Å²) in [7, 11) is 0. The fourth-order valence-electron chi connectivity index (χ4n) is 2.27. The Hall–Kier alpha value is -0.470. The van der Waals surface area contributed by atoms with Gasteiger partial charge in [0.15, 0.2) is 0 Å². The maximum absolute atomic E-state index is 3.72. The Bertz CT molecular complexity index is 387. The van der Waals surface area contributed by atoms with E-state index < -0.39 is 0 Å². The second-order valence-corrected chi connectivity index (χ2v) is 7.29. The third-order valence-electron chi connectivity index (χ3n) is 3.42. The summed E-state index contributed by atoms with van der Waals surface area (Å²) in [5, 5.41) is 3.72. The van der Waals surface area contributed by atoms with Crippen molar-refractivity contribution in [2.75, 3.05) is 18.1 Å². The molecule has 0 fully saturated rings. The lowest BCUT2D eigenvalue weighted by atomic mass is 9.99. The first-order valence-corrected chi connectivity index (χ1v) is 9.05. The number of hydrogen-bond donors (Lipinski definition) is 1. The molecule has 0 saturated carbocycles. The van der Waals surface area contributed by atoms with Gasteiger partial charge in [-0.25, -0.2) is 0 Å². The third-order valence-corrected chi connectivity index (χ3v) is 4.96. The third kappa shape index (κ3) is 6.81. The normalized spacial score (nSPS) is 12.9. The number of hydrogen-bond acceptors (Lipinski definition) is 2. The fraction of sp³-hybridized carbons (Fsp3) is 0.667. The summed E-state index contributed by atoms with van der Waals surface area (Å²) in [4.78, 5) is 0. The number of nitrogens with one attached hydrogen (secondary N) is 1. The molecule has 0 aliphatic carbocycles. The Morgan fingerprint density at radius 2 is 1.90 bits per heavy atom. The van der Waals surface area contributed by atoms with Gasteiger partial charge in [-0.1, -0.05) is 44.5 Å². The van der Waals surface area contributed by atoms with Crippen LogP contribution in [0.5, 0.6) is 0 Å². The number of aryl methyl sites for hydroxylation is 2. The number of rotatable bonds is 9. The fourth-order valence-corrected chi connectivity index (χ4v) is 3.40. The highest BCUT2D eigenvalue weighted by atomic mass is 32.2. The van der Waals surface area contributed by atoms with Crippen molar-refractivity contribution >= 4 is 11.8 Å². The van der Waals surface area contributed by atoms with Crippen molar-refractivity contribution < 1.29 is 0 Å². The van der Waals surface area contributed by atoms with Crippen LogP contribution in [0.25, 0.3) is 0 Å². The summed E-state index contributed by atoms with van der Waals surface area (Å²) in [6.07, 6.45) is 2.36. The van der Waals surface area contributed by atoms with Crippen LogP contribution in [-0.2, 0) is 6.42 Å². The van der Waals surface area contributed by atoms with Gasteiger partial charge in [-0.2, -0.15) is 11.8 Å². The predicted octanol–water partition coefficient (Wildman–Crippen LogP) is 4.60. The first kappa shape index (κ1) is 17.6. The van der Waals surface area contributed by atoms with E-state index in [0.29, 0.717) is 6.04 Å². The molecule has 1 rings (SSSR count). The highest BCUT2D eigenvalue weighted by molar-refractivity contribution is 7.99. The highest BCUT2D eigenvalue weighted by Gasteiger charge is 2.11. The van der Waals surface area contributed by atoms with Gasteiger partial charge in [0.2, 0.25) is 0 Å². The predicted molar refractivity (Wildman–Crippen MR) is 93.9 cm³/mol. The lowest BCUT2D eigenvalue weighted by Crippen LogP contribution is -2.34. The number of thioether (sulfide) groups is 1. The largest absolute Gasteiger partial charge is 0.313 e. The minimum absolute atomic E-state index is 0.596. The van der Waals surface area contributed by atoms with Crippen LogP contribution in [0.3, 0.4) is 0 Å². The summed E-state index contributed by atoms with van der Waals surface area (Å²) < 4.78 is 0. The van der Waals surface area contributed by atoms with Crippen LogP contribution in [0.15, 0.2) is 18.2 Å². The molecule has 0 bridgehead atoms. The molecule has 0 amide bonds. The first-order chi connectivity index (χ1) is 9.52. The molecule has 1 unspecified atom stereocenters. The molecule has 1 aromatic rings. The van der Waals surface area contributed by atoms with E-state index in [2.05, 4.69) is 69.9 Å². The average molecular weight is 294 g/mol. The molecule has 0 aromatic heterocycles. The molecular weight excluding hydrogens is 262 g/mol. The smallest absolute Gasteiger partial charge is 0.0198 e. The van der Waals surface area contributed by atoms with E-state index in [1.165, 1.54) is 34.6 Å². The van der Waals surface area contributed by atoms with E-state index in [4.69, 9.17) is 0 Å². The Balaban J connectivity index is 2.60. The van der Waals surface area contributed by atoms with E-state index in [9.17, 15) is 0 Å². The Kier molecular flexibility index (Phi) is 8.32. The van der Waals surface area contributed by atoms with E-state index in [0.717, 1.165) is 18.9 Å². The van der Waals surface area contributed by atoms with Crippen LogP contribution in [0.4, 0.5) is 0 Å². The van der Waals surface area contributed by atoms with Crippen LogP contribution >= 0.6 is 11.8 Å². The Labute approximate surface area is 129 Å². The van der Waals surface area contributed by atoms with Crippen molar-refractivity contribution in [2.45, 2.75) is 53.5 Å².